The number of nitrogens with zero attached hydrogens (tertiary/aromatic N) is 1. The molecule has 78 valence electrons. The normalized spacial score (nSPS) is 33.0. The zero-order valence-electron chi connectivity index (χ0n) is 8.76. The number of alkyl halides is 1. The summed E-state index contributed by atoms with van der Waals surface area (Å²) in [5.41, 5.74) is 0.0871. The van der Waals surface area contributed by atoms with Crippen molar-refractivity contribution in [1.82, 2.24) is 4.90 Å². The Hall–Kier alpha value is -0.150. The number of rotatable bonds is 0. The van der Waals surface area contributed by atoms with Gasteiger partial charge in [-0.3, -0.25) is 4.90 Å². The van der Waals surface area contributed by atoms with Crippen LogP contribution in [0.5, 0.6) is 0 Å². The number of likely N-dealkylation sites (tertiary alicyclic amines) is 1. The van der Waals surface area contributed by atoms with Gasteiger partial charge in [0.2, 0.25) is 0 Å². The van der Waals surface area contributed by atoms with Crippen LogP contribution < -0.4 is 0 Å². The average Bonchev–Trinajstić information content (AvgIpc) is 2.14. The molecular weight excluding hydrogens is 169 g/mol. The molecule has 3 heteroatoms. The minimum Gasteiger partial charge on any atom is -0.390 e. The average molecular weight is 189 g/mol. The van der Waals surface area contributed by atoms with Gasteiger partial charge in [-0.25, -0.2) is 4.39 Å². The lowest BCUT2D eigenvalue weighted by Gasteiger charge is -2.34. The Labute approximate surface area is 79.7 Å². The van der Waals surface area contributed by atoms with E-state index in [1.807, 2.05) is 0 Å². The van der Waals surface area contributed by atoms with Crippen LogP contribution in [-0.4, -0.2) is 40.9 Å². The van der Waals surface area contributed by atoms with E-state index in [4.69, 9.17) is 0 Å². The van der Waals surface area contributed by atoms with E-state index in [0.29, 0.717) is 12.8 Å². The molecule has 0 amide bonds. The van der Waals surface area contributed by atoms with E-state index in [1.54, 1.807) is 0 Å². The molecule has 0 saturated carbocycles. The molecule has 1 N–H and O–H groups in total. The quantitative estimate of drug-likeness (QED) is 0.625. The van der Waals surface area contributed by atoms with Crippen LogP contribution >= 0.6 is 0 Å². The number of halogens is 1. The van der Waals surface area contributed by atoms with E-state index in [2.05, 4.69) is 25.7 Å². The Kier molecular flexibility index (Phi) is 3.30. The molecule has 2 nitrogen and oxygen atoms in total. The fraction of sp³-hybridized carbons (Fsp3) is 1.00. The van der Waals surface area contributed by atoms with Crippen molar-refractivity contribution in [2.24, 2.45) is 0 Å². The van der Waals surface area contributed by atoms with Gasteiger partial charge in [-0.1, -0.05) is 0 Å². The van der Waals surface area contributed by atoms with Crippen LogP contribution in [0.2, 0.25) is 0 Å². The summed E-state index contributed by atoms with van der Waals surface area (Å²) in [5.74, 6) is 0. The fourth-order valence-electron chi connectivity index (χ4n) is 1.72. The van der Waals surface area contributed by atoms with Crippen molar-refractivity contribution >= 4 is 0 Å². The first-order valence-corrected chi connectivity index (χ1v) is 4.98. The second-order valence-electron chi connectivity index (χ2n) is 4.82. The maximum Gasteiger partial charge on any atom is 0.127 e. The van der Waals surface area contributed by atoms with Crippen LogP contribution in [0.3, 0.4) is 0 Å². The Morgan fingerprint density at radius 2 is 1.77 bits per heavy atom. The van der Waals surface area contributed by atoms with Crippen molar-refractivity contribution < 1.29 is 9.50 Å². The van der Waals surface area contributed by atoms with E-state index in [9.17, 15) is 9.50 Å². The molecule has 0 spiro atoms. The Morgan fingerprint density at radius 3 is 2.31 bits per heavy atom. The van der Waals surface area contributed by atoms with Gasteiger partial charge in [0, 0.05) is 18.6 Å². The van der Waals surface area contributed by atoms with Crippen LogP contribution in [0.1, 0.15) is 33.6 Å². The summed E-state index contributed by atoms with van der Waals surface area (Å²) >= 11 is 0. The lowest BCUT2D eigenvalue weighted by Crippen LogP contribution is -2.42. The standard InChI is InChI=1S/C10H20FNO/c1-10(2,3)12-6-4-8(11)9(13)5-7-12/h8-9,13H,4-7H2,1-3H3/t8-,9+/m0/s1. The van der Waals surface area contributed by atoms with Gasteiger partial charge in [-0.15, -0.1) is 0 Å². The topological polar surface area (TPSA) is 23.5 Å². The van der Waals surface area contributed by atoms with Gasteiger partial charge in [-0.05, 0) is 33.6 Å². The molecule has 0 bridgehead atoms. The van der Waals surface area contributed by atoms with Crippen LogP contribution in [0.25, 0.3) is 0 Å². The first-order valence-electron chi connectivity index (χ1n) is 4.98. The van der Waals surface area contributed by atoms with Gasteiger partial charge in [0.1, 0.15) is 6.17 Å². The van der Waals surface area contributed by atoms with Crippen LogP contribution in [0.4, 0.5) is 4.39 Å². The second-order valence-corrected chi connectivity index (χ2v) is 4.82. The predicted octanol–water partition coefficient (Wildman–Crippen LogP) is 1.58. The lowest BCUT2D eigenvalue weighted by molar-refractivity contribution is 0.0747. The van der Waals surface area contributed by atoms with Gasteiger partial charge in [0.15, 0.2) is 0 Å². The van der Waals surface area contributed by atoms with Crippen molar-refractivity contribution in [2.75, 3.05) is 13.1 Å². The van der Waals surface area contributed by atoms with E-state index >= 15 is 0 Å². The van der Waals surface area contributed by atoms with Gasteiger partial charge in [0.05, 0.1) is 6.10 Å². The van der Waals surface area contributed by atoms with Crippen molar-refractivity contribution in [3.63, 3.8) is 0 Å². The van der Waals surface area contributed by atoms with Crippen molar-refractivity contribution in [3.8, 4) is 0 Å². The minimum absolute atomic E-state index is 0.0871. The first kappa shape index (κ1) is 10.9. The summed E-state index contributed by atoms with van der Waals surface area (Å²) in [7, 11) is 0. The third kappa shape index (κ3) is 2.92. The zero-order valence-corrected chi connectivity index (χ0v) is 8.76. The number of hydrogen-bond acceptors (Lipinski definition) is 2. The summed E-state index contributed by atoms with van der Waals surface area (Å²) in [4.78, 5) is 2.23. The molecule has 1 aliphatic rings. The van der Waals surface area contributed by atoms with Crippen LogP contribution in [-0.2, 0) is 0 Å². The predicted molar refractivity (Wildman–Crippen MR) is 51.5 cm³/mol. The molecule has 1 fully saturated rings. The molecule has 1 heterocycles. The molecule has 0 aromatic rings. The van der Waals surface area contributed by atoms with E-state index < -0.39 is 12.3 Å². The zero-order chi connectivity index (χ0) is 10.1. The molecule has 0 radical (unpaired) electrons. The highest BCUT2D eigenvalue weighted by Gasteiger charge is 2.29. The third-order valence-electron chi connectivity index (χ3n) is 2.74. The highest BCUT2D eigenvalue weighted by molar-refractivity contribution is 4.83. The van der Waals surface area contributed by atoms with Crippen molar-refractivity contribution in [3.05, 3.63) is 0 Å². The van der Waals surface area contributed by atoms with Gasteiger partial charge in [0.25, 0.3) is 0 Å². The van der Waals surface area contributed by atoms with Crippen LogP contribution in [0, 0.1) is 0 Å². The van der Waals surface area contributed by atoms with E-state index in [1.165, 1.54) is 0 Å². The second kappa shape index (κ2) is 3.93. The Balaban J connectivity index is 2.54. The monoisotopic (exact) mass is 189 g/mol. The lowest BCUT2D eigenvalue weighted by atomic mass is 10.1. The molecule has 0 aromatic heterocycles. The summed E-state index contributed by atoms with van der Waals surface area (Å²) in [6.07, 6.45) is -0.781. The third-order valence-corrected chi connectivity index (χ3v) is 2.74. The summed E-state index contributed by atoms with van der Waals surface area (Å²) < 4.78 is 13.1. The SMILES string of the molecule is CC(C)(C)N1CC[C@@H](O)[C@@H](F)CC1. The van der Waals surface area contributed by atoms with Gasteiger partial charge >= 0.3 is 0 Å². The minimum atomic E-state index is -1.03. The smallest absolute Gasteiger partial charge is 0.127 e. The number of aliphatic hydroxyl groups excluding tert-OH is 1. The summed E-state index contributed by atoms with van der Waals surface area (Å²) in [6.45, 7) is 7.92. The molecule has 2 atom stereocenters. The maximum absolute atomic E-state index is 13.1. The fourth-order valence-corrected chi connectivity index (χ4v) is 1.72. The van der Waals surface area contributed by atoms with E-state index in [0.717, 1.165) is 13.1 Å². The summed E-state index contributed by atoms with van der Waals surface area (Å²) in [5, 5.41) is 9.34. The first-order chi connectivity index (χ1) is 5.91. The highest BCUT2D eigenvalue weighted by Crippen LogP contribution is 2.21. The van der Waals surface area contributed by atoms with Gasteiger partial charge in [-0.2, -0.15) is 0 Å². The maximum atomic E-state index is 13.1. The molecule has 1 rings (SSSR count). The Bertz CT molecular complexity index is 155. The van der Waals surface area contributed by atoms with Gasteiger partial charge < -0.3 is 5.11 Å². The number of aliphatic hydroxyl groups is 1. The van der Waals surface area contributed by atoms with Crippen LogP contribution in [0.15, 0.2) is 0 Å². The molecule has 0 aliphatic carbocycles. The molecule has 0 aromatic carbocycles. The highest BCUT2D eigenvalue weighted by atomic mass is 19.1. The number of hydrogen-bond donors (Lipinski definition) is 1. The summed E-state index contributed by atoms with van der Waals surface area (Å²) in [6, 6.07) is 0. The molecule has 0 unspecified atom stereocenters. The van der Waals surface area contributed by atoms with E-state index in [-0.39, 0.29) is 5.54 Å². The molecule has 1 aliphatic heterocycles. The molecule has 13 heavy (non-hydrogen) atoms. The Morgan fingerprint density at radius 1 is 1.23 bits per heavy atom. The molecule has 1 saturated heterocycles. The van der Waals surface area contributed by atoms with Crippen molar-refractivity contribution in [1.29, 1.82) is 0 Å². The van der Waals surface area contributed by atoms with Crippen molar-refractivity contribution in [2.45, 2.75) is 51.4 Å². The largest absolute Gasteiger partial charge is 0.390 e. The molecular formula is C10H20FNO.